The Morgan fingerprint density at radius 2 is 1.84 bits per heavy atom. The van der Waals surface area contributed by atoms with Gasteiger partial charge in [-0.3, -0.25) is 0 Å². The zero-order valence-corrected chi connectivity index (χ0v) is 17.8. The van der Waals surface area contributed by atoms with E-state index in [1.807, 2.05) is 22.8 Å². The van der Waals surface area contributed by atoms with E-state index >= 15 is 0 Å². The Balaban J connectivity index is 1.78. The van der Waals surface area contributed by atoms with E-state index in [0.717, 1.165) is 53.0 Å². The normalized spacial score (nSPS) is 14.6. The number of aryl methyl sites for hydroxylation is 1. The standard InChI is InChI=1S/C26H25N3O2/c1-3-4-15-29-16-28-26-24(25(29)27)22(18-9-12-19(30-2)13-10-18)23-20-8-6-5-7-17(20)11-14-21(23)31-26/h5-14,16,22,27H,3-4,15H2,1-2H3/p+1/t22-/m0/s1. The number of hydrogen-bond acceptors (Lipinski definition) is 4. The van der Waals surface area contributed by atoms with Crippen molar-refractivity contribution in [2.45, 2.75) is 32.2 Å². The van der Waals surface area contributed by atoms with Gasteiger partial charge in [0.15, 0.2) is 0 Å². The SMILES string of the molecule is CCCC[n+]1cnc2c(c1N)[C@@H](c1ccc(OC)cc1)c1c(ccc3ccccc13)O2. The van der Waals surface area contributed by atoms with Crippen molar-refractivity contribution in [1.82, 2.24) is 4.98 Å². The smallest absolute Gasteiger partial charge is 0.306 e. The summed E-state index contributed by atoms with van der Waals surface area (Å²) < 4.78 is 13.7. The van der Waals surface area contributed by atoms with Crippen LogP contribution in [0.1, 0.15) is 42.4 Å². The lowest BCUT2D eigenvalue weighted by Crippen LogP contribution is -2.39. The Morgan fingerprint density at radius 1 is 1.03 bits per heavy atom. The number of ether oxygens (including phenoxy) is 2. The van der Waals surface area contributed by atoms with Crippen LogP contribution in [-0.4, -0.2) is 12.1 Å². The van der Waals surface area contributed by atoms with Gasteiger partial charge in [-0.05, 0) is 41.0 Å². The molecule has 1 aliphatic heterocycles. The van der Waals surface area contributed by atoms with Crippen molar-refractivity contribution < 1.29 is 14.0 Å². The summed E-state index contributed by atoms with van der Waals surface area (Å²) in [5.41, 5.74) is 9.92. The monoisotopic (exact) mass is 412 g/mol. The van der Waals surface area contributed by atoms with Gasteiger partial charge in [-0.2, -0.15) is 0 Å². The van der Waals surface area contributed by atoms with Crippen LogP contribution in [0.4, 0.5) is 5.82 Å². The summed E-state index contributed by atoms with van der Waals surface area (Å²) in [6.45, 7) is 3.01. The van der Waals surface area contributed by atoms with Crippen molar-refractivity contribution in [3.63, 3.8) is 0 Å². The first-order valence-corrected chi connectivity index (χ1v) is 10.7. The van der Waals surface area contributed by atoms with Gasteiger partial charge < -0.3 is 15.2 Å². The van der Waals surface area contributed by atoms with Crippen molar-refractivity contribution in [2.24, 2.45) is 0 Å². The Bertz CT molecular complexity index is 1250. The summed E-state index contributed by atoms with van der Waals surface area (Å²) >= 11 is 0. The van der Waals surface area contributed by atoms with E-state index in [9.17, 15) is 0 Å². The second-order valence-electron chi connectivity index (χ2n) is 7.90. The zero-order valence-electron chi connectivity index (χ0n) is 17.8. The number of benzene rings is 3. The van der Waals surface area contributed by atoms with Crippen LogP contribution in [0.15, 0.2) is 67.0 Å². The number of unbranched alkanes of at least 4 members (excludes halogenated alkanes) is 1. The second-order valence-corrected chi connectivity index (χ2v) is 7.90. The molecule has 0 amide bonds. The highest BCUT2D eigenvalue weighted by atomic mass is 16.5. The molecular formula is C26H26N3O2+. The van der Waals surface area contributed by atoms with Gasteiger partial charge in [0.05, 0.1) is 19.6 Å². The summed E-state index contributed by atoms with van der Waals surface area (Å²) in [4.78, 5) is 4.66. The van der Waals surface area contributed by atoms with Crippen molar-refractivity contribution >= 4 is 16.6 Å². The Morgan fingerprint density at radius 3 is 2.61 bits per heavy atom. The van der Waals surface area contributed by atoms with Crippen LogP contribution in [-0.2, 0) is 6.54 Å². The lowest BCUT2D eigenvalue weighted by atomic mass is 9.81. The number of rotatable bonds is 5. The highest BCUT2D eigenvalue weighted by Crippen LogP contribution is 2.50. The highest BCUT2D eigenvalue weighted by molar-refractivity contribution is 5.90. The van der Waals surface area contributed by atoms with Crippen molar-refractivity contribution in [1.29, 1.82) is 0 Å². The molecule has 1 atom stereocenters. The number of nitrogen functional groups attached to an aromatic ring is 1. The van der Waals surface area contributed by atoms with Gasteiger partial charge in [-0.15, -0.1) is 0 Å². The molecule has 3 aromatic carbocycles. The second kappa shape index (κ2) is 7.91. The van der Waals surface area contributed by atoms with Crippen LogP contribution in [0, 0.1) is 0 Å². The number of hydrogen-bond donors (Lipinski definition) is 1. The van der Waals surface area contributed by atoms with E-state index < -0.39 is 0 Å². The molecule has 5 rings (SSSR count). The fourth-order valence-corrected chi connectivity index (χ4v) is 4.42. The Kier molecular flexibility index (Phi) is 4.94. The summed E-state index contributed by atoms with van der Waals surface area (Å²) in [6.07, 6.45) is 3.93. The van der Waals surface area contributed by atoms with E-state index in [4.69, 9.17) is 15.2 Å². The lowest BCUT2D eigenvalue weighted by molar-refractivity contribution is -0.686. The summed E-state index contributed by atoms with van der Waals surface area (Å²) in [5.74, 6) is 2.85. The molecule has 1 aliphatic rings. The molecular weight excluding hydrogens is 386 g/mol. The van der Waals surface area contributed by atoms with Crippen LogP contribution in [0.25, 0.3) is 10.8 Å². The third kappa shape index (κ3) is 3.26. The van der Waals surface area contributed by atoms with E-state index in [1.165, 1.54) is 5.39 Å². The van der Waals surface area contributed by atoms with Crippen LogP contribution in [0.3, 0.4) is 0 Å². The van der Waals surface area contributed by atoms with Crippen molar-refractivity contribution in [3.05, 3.63) is 83.7 Å². The number of anilines is 1. The molecule has 0 aliphatic carbocycles. The molecule has 31 heavy (non-hydrogen) atoms. The minimum absolute atomic E-state index is 0.0858. The molecule has 1 aromatic heterocycles. The number of nitrogens with zero attached hydrogens (tertiary/aromatic N) is 2. The molecule has 0 fully saturated rings. The summed E-state index contributed by atoms with van der Waals surface area (Å²) in [5, 5.41) is 2.34. The van der Waals surface area contributed by atoms with Gasteiger partial charge in [0.1, 0.15) is 17.1 Å². The van der Waals surface area contributed by atoms with E-state index in [0.29, 0.717) is 11.7 Å². The average Bonchev–Trinajstić information content (AvgIpc) is 2.82. The highest BCUT2D eigenvalue weighted by Gasteiger charge is 2.37. The predicted octanol–water partition coefficient (Wildman–Crippen LogP) is 5.20. The Hall–Kier alpha value is -3.60. The van der Waals surface area contributed by atoms with Gasteiger partial charge in [0.25, 0.3) is 0 Å². The van der Waals surface area contributed by atoms with Gasteiger partial charge in [-0.1, -0.05) is 60.8 Å². The molecule has 0 saturated carbocycles. The first-order valence-electron chi connectivity index (χ1n) is 10.7. The molecule has 0 radical (unpaired) electrons. The first-order chi connectivity index (χ1) is 15.2. The molecule has 5 heteroatoms. The van der Waals surface area contributed by atoms with Crippen LogP contribution < -0.4 is 19.8 Å². The minimum Gasteiger partial charge on any atom is -0.497 e. The molecule has 2 heterocycles. The van der Waals surface area contributed by atoms with Gasteiger partial charge in [0, 0.05) is 5.56 Å². The van der Waals surface area contributed by atoms with E-state index in [-0.39, 0.29) is 5.92 Å². The molecule has 0 unspecified atom stereocenters. The average molecular weight is 413 g/mol. The number of methoxy groups -OCH3 is 1. The van der Waals surface area contributed by atoms with Crippen LogP contribution in [0.2, 0.25) is 0 Å². The summed E-state index contributed by atoms with van der Waals surface area (Å²) in [7, 11) is 1.68. The first kappa shape index (κ1) is 19.4. The van der Waals surface area contributed by atoms with E-state index in [2.05, 4.69) is 54.4 Å². The maximum Gasteiger partial charge on any atom is 0.306 e. The van der Waals surface area contributed by atoms with Gasteiger partial charge in [0.2, 0.25) is 12.1 Å². The molecule has 0 saturated heterocycles. The third-order valence-electron chi connectivity index (χ3n) is 6.05. The molecule has 5 nitrogen and oxygen atoms in total. The molecule has 0 spiro atoms. The van der Waals surface area contributed by atoms with Crippen molar-refractivity contribution in [2.75, 3.05) is 12.8 Å². The topological polar surface area (TPSA) is 61.2 Å². The lowest BCUT2D eigenvalue weighted by Gasteiger charge is -2.28. The largest absolute Gasteiger partial charge is 0.497 e. The predicted molar refractivity (Wildman–Crippen MR) is 122 cm³/mol. The maximum absolute atomic E-state index is 6.75. The van der Waals surface area contributed by atoms with Crippen LogP contribution >= 0.6 is 0 Å². The fourth-order valence-electron chi connectivity index (χ4n) is 4.42. The zero-order chi connectivity index (χ0) is 21.4. The summed E-state index contributed by atoms with van der Waals surface area (Å²) in [6, 6.07) is 20.7. The quantitative estimate of drug-likeness (QED) is 0.403. The number of nitrogens with two attached hydrogens (primary N) is 1. The molecule has 2 N–H and O–H groups in total. The minimum atomic E-state index is -0.0858. The molecule has 156 valence electrons. The van der Waals surface area contributed by atoms with Crippen LogP contribution in [0.5, 0.6) is 17.4 Å². The van der Waals surface area contributed by atoms with Gasteiger partial charge in [-0.25, -0.2) is 4.57 Å². The van der Waals surface area contributed by atoms with Crippen molar-refractivity contribution in [3.8, 4) is 17.4 Å². The molecule has 4 aromatic rings. The number of fused-ring (bicyclic) bond motifs is 4. The third-order valence-corrected chi connectivity index (χ3v) is 6.05. The maximum atomic E-state index is 6.75. The van der Waals surface area contributed by atoms with E-state index in [1.54, 1.807) is 13.4 Å². The Labute approximate surface area is 182 Å². The molecule has 0 bridgehead atoms. The fraction of sp³-hybridized carbons (Fsp3) is 0.231. The van der Waals surface area contributed by atoms with Gasteiger partial charge >= 0.3 is 5.88 Å². The number of aromatic nitrogens is 2.